The summed E-state index contributed by atoms with van der Waals surface area (Å²) in [5.74, 6) is -1.07. The number of aromatic nitrogens is 2. The number of nitriles is 1. The first-order chi connectivity index (χ1) is 13.7. The first kappa shape index (κ1) is 20.1. The molecule has 1 unspecified atom stereocenters. The quantitative estimate of drug-likeness (QED) is 0.698. The molecule has 0 fully saturated rings. The van der Waals surface area contributed by atoms with Gasteiger partial charge in [0.05, 0.1) is 23.7 Å². The minimum atomic E-state index is -0.835. The first-order valence-electron chi connectivity index (χ1n) is 9.26. The van der Waals surface area contributed by atoms with Gasteiger partial charge in [0, 0.05) is 5.39 Å². The molecule has 0 aliphatic carbocycles. The molecule has 0 saturated heterocycles. The van der Waals surface area contributed by atoms with Crippen LogP contribution in [-0.4, -0.2) is 27.6 Å². The Bertz CT molecular complexity index is 1120. The maximum absolute atomic E-state index is 13.0. The van der Waals surface area contributed by atoms with Crippen molar-refractivity contribution in [2.45, 2.75) is 33.4 Å². The van der Waals surface area contributed by atoms with E-state index in [1.54, 1.807) is 22.9 Å². The van der Waals surface area contributed by atoms with Crippen LogP contribution in [0.25, 0.3) is 10.9 Å². The molecule has 2 aromatic carbocycles. The summed E-state index contributed by atoms with van der Waals surface area (Å²) in [6.45, 7) is 5.84. The van der Waals surface area contributed by atoms with E-state index in [4.69, 9.17) is 5.73 Å². The average molecular weight is 389 g/mol. The third-order valence-corrected chi connectivity index (χ3v) is 4.76. The third kappa shape index (κ3) is 4.11. The van der Waals surface area contributed by atoms with Crippen molar-refractivity contribution in [3.05, 3.63) is 65.4 Å². The molecule has 0 aliphatic rings. The molecule has 3 aromatic rings. The van der Waals surface area contributed by atoms with Gasteiger partial charge in [0.15, 0.2) is 5.69 Å². The van der Waals surface area contributed by atoms with E-state index >= 15 is 0 Å². The molecule has 0 aliphatic heterocycles. The van der Waals surface area contributed by atoms with Crippen LogP contribution in [-0.2, 0) is 11.3 Å². The number of hydrogen-bond donors (Lipinski definition) is 2. The Morgan fingerprint density at radius 2 is 1.83 bits per heavy atom. The number of benzene rings is 2. The zero-order valence-corrected chi connectivity index (χ0v) is 16.6. The number of nitrogens with one attached hydrogen (secondary N) is 1. The zero-order valence-electron chi connectivity index (χ0n) is 16.6. The lowest BCUT2D eigenvalue weighted by Crippen LogP contribution is -2.52. The molecule has 1 atom stereocenters. The van der Waals surface area contributed by atoms with Gasteiger partial charge in [0.1, 0.15) is 6.04 Å². The normalized spacial score (nSPS) is 12.3. The minimum Gasteiger partial charge on any atom is -0.368 e. The summed E-state index contributed by atoms with van der Waals surface area (Å²) in [6, 6.07) is 16.0. The van der Waals surface area contributed by atoms with E-state index < -0.39 is 23.3 Å². The summed E-state index contributed by atoms with van der Waals surface area (Å²) >= 11 is 0. The van der Waals surface area contributed by atoms with Crippen molar-refractivity contribution in [3.63, 3.8) is 0 Å². The summed E-state index contributed by atoms with van der Waals surface area (Å²) in [4.78, 5) is 24.8. The number of nitrogens with two attached hydrogens (primary N) is 1. The fourth-order valence-electron chi connectivity index (χ4n) is 3.26. The van der Waals surface area contributed by atoms with Gasteiger partial charge in [-0.2, -0.15) is 10.4 Å². The van der Waals surface area contributed by atoms with Crippen molar-refractivity contribution in [1.29, 1.82) is 5.26 Å². The van der Waals surface area contributed by atoms with E-state index in [1.807, 2.05) is 51.1 Å². The van der Waals surface area contributed by atoms with Crippen LogP contribution in [0.15, 0.2) is 48.5 Å². The van der Waals surface area contributed by atoms with Gasteiger partial charge in [-0.05, 0) is 23.1 Å². The summed E-state index contributed by atoms with van der Waals surface area (Å²) in [7, 11) is 0. The summed E-state index contributed by atoms with van der Waals surface area (Å²) in [6.07, 6.45) is 0. The molecule has 0 radical (unpaired) electrons. The number of amides is 2. The fraction of sp³-hybridized carbons (Fsp3) is 0.273. The van der Waals surface area contributed by atoms with Crippen LogP contribution in [0.4, 0.5) is 0 Å². The Balaban J connectivity index is 2.01. The van der Waals surface area contributed by atoms with Crippen molar-refractivity contribution in [3.8, 4) is 6.07 Å². The standard InChI is InChI=1S/C22H23N5O2/c1-22(2,3)19(20(24)28)25-21(29)18-16-10-6-7-11-17(16)27(26-18)13-15-9-5-4-8-14(15)12-23/h4-11,19H,13H2,1-3H3,(H2,24,28)(H,25,29). The Morgan fingerprint density at radius 3 is 2.48 bits per heavy atom. The highest BCUT2D eigenvalue weighted by atomic mass is 16.2. The van der Waals surface area contributed by atoms with Gasteiger partial charge in [0.2, 0.25) is 5.91 Å². The number of nitrogens with zero attached hydrogens (tertiary/aromatic N) is 3. The Hall–Kier alpha value is -3.66. The average Bonchev–Trinajstić information content (AvgIpc) is 3.04. The van der Waals surface area contributed by atoms with Gasteiger partial charge in [-0.1, -0.05) is 57.2 Å². The summed E-state index contributed by atoms with van der Waals surface area (Å²) in [5, 5.41) is 17.2. The predicted molar refractivity (Wildman–Crippen MR) is 110 cm³/mol. The van der Waals surface area contributed by atoms with Gasteiger partial charge in [-0.3, -0.25) is 14.3 Å². The van der Waals surface area contributed by atoms with Crippen molar-refractivity contribution in [1.82, 2.24) is 15.1 Å². The van der Waals surface area contributed by atoms with Gasteiger partial charge < -0.3 is 11.1 Å². The van der Waals surface area contributed by atoms with Crippen molar-refractivity contribution < 1.29 is 9.59 Å². The minimum absolute atomic E-state index is 0.213. The Labute approximate surface area is 169 Å². The van der Waals surface area contributed by atoms with Crippen LogP contribution in [0.2, 0.25) is 0 Å². The number of carbonyl (C=O) groups is 2. The Morgan fingerprint density at radius 1 is 1.17 bits per heavy atom. The van der Waals surface area contributed by atoms with Gasteiger partial charge in [-0.25, -0.2) is 0 Å². The van der Waals surface area contributed by atoms with Crippen molar-refractivity contribution >= 4 is 22.7 Å². The number of hydrogen-bond acceptors (Lipinski definition) is 4. The molecule has 1 aromatic heterocycles. The van der Waals surface area contributed by atoms with Gasteiger partial charge >= 0.3 is 0 Å². The first-order valence-corrected chi connectivity index (χ1v) is 9.26. The van der Waals surface area contributed by atoms with E-state index in [2.05, 4.69) is 16.5 Å². The molecule has 1 heterocycles. The molecular weight excluding hydrogens is 366 g/mol. The maximum Gasteiger partial charge on any atom is 0.273 e. The van der Waals surface area contributed by atoms with E-state index in [9.17, 15) is 14.9 Å². The van der Waals surface area contributed by atoms with E-state index in [0.29, 0.717) is 17.5 Å². The molecular formula is C22H23N5O2. The molecule has 29 heavy (non-hydrogen) atoms. The summed E-state index contributed by atoms with van der Waals surface area (Å²) in [5.41, 5.74) is 7.29. The molecule has 148 valence electrons. The second kappa shape index (κ2) is 7.76. The van der Waals surface area contributed by atoms with E-state index in [0.717, 1.165) is 11.1 Å². The highest BCUT2D eigenvalue weighted by Crippen LogP contribution is 2.23. The third-order valence-electron chi connectivity index (χ3n) is 4.76. The SMILES string of the molecule is CC(C)(C)C(NC(=O)c1nn(Cc2ccccc2C#N)c2ccccc12)C(N)=O. The number of fused-ring (bicyclic) bond motifs is 1. The molecule has 3 rings (SSSR count). The van der Waals surface area contributed by atoms with Crippen LogP contribution in [0.3, 0.4) is 0 Å². The van der Waals surface area contributed by atoms with E-state index in [1.165, 1.54) is 0 Å². The van der Waals surface area contributed by atoms with Crippen LogP contribution in [0, 0.1) is 16.7 Å². The van der Waals surface area contributed by atoms with Crippen LogP contribution in [0.5, 0.6) is 0 Å². The Kier molecular flexibility index (Phi) is 5.37. The lowest BCUT2D eigenvalue weighted by Gasteiger charge is -2.28. The van der Waals surface area contributed by atoms with E-state index in [-0.39, 0.29) is 5.69 Å². The molecule has 0 spiro atoms. The van der Waals surface area contributed by atoms with Crippen LogP contribution >= 0.6 is 0 Å². The molecule has 0 saturated carbocycles. The van der Waals surface area contributed by atoms with Crippen molar-refractivity contribution in [2.75, 3.05) is 0 Å². The number of carbonyl (C=O) groups excluding carboxylic acids is 2. The maximum atomic E-state index is 13.0. The smallest absolute Gasteiger partial charge is 0.273 e. The summed E-state index contributed by atoms with van der Waals surface area (Å²) < 4.78 is 1.69. The van der Waals surface area contributed by atoms with Crippen LogP contribution < -0.4 is 11.1 Å². The monoisotopic (exact) mass is 389 g/mol. The second-order valence-corrected chi connectivity index (χ2v) is 7.97. The molecule has 0 bridgehead atoms. The van der Waals surface area contributed by atoms with Gasteiger partial charge in [-0.15, -0.1) is 0 Å². The highest BCUT2D eigenvalue weighted by Gasteiger charge is 2.32. The number of primary amides is 1. The largest absolute Gasteiger partial charge is 0.368 e. The highest BCUT2D eigenvalue weighted by molar-refractivity contribution is 6.06. The molecule has 7 heteroatoms. The number of rotatable bonds is 5. The zero-order chi connectivity index (χ0) is 21.2. The number of para-hydroxylation sites is 1. The lowest BCUT2D eigenvalue weighted by molar-refractivity contribution is -0.122. The lowest BCUT2D eigenvalue weighted by atomic mass is 9.86. The fourth-order valence-corrected chi connectivity index (χ4v) is 3.26. The molecule has 7 nitrogen and oxygen atoms in total. The van der Waals surface area contributed by atoms with Crippen LogP contribution in [0.1, 0.15) is 42.4 Å². The second-order valence-electron chi connectivity index (χ2n) is 7.97. The topological polar surface area (TPSA) is 114 Å². The van der Waals surface area contributed by atoms with Gasteiger partial charge in [0.25, 0.3) is 5.91 Å². The predicted octanol–water partition coefficient (Wildman–Crippen LogP) is 2.59. The van der Waals surface area contributed by atoms with Crippen molar-refractivity contribution in [2.24, 2.45) is 11.1 Å². The molecule has 2 amide bonds. The molecule has 3 N–H and O–H groups in total.